The van der Waals surface area contributed by atoms with Crippen molar-refractivity contribution in [2.24, 2.45) is 5.73 Å². The van der Waals surface area contributed by atoms with Crippen molar-refractivity contribution >= 4 is 0 Å². The largest absolute Gasteiger partial charge is 0.497 e. The van der Waals surface area contributed by atoms with Crippen molar-refractivity contribution in [3.05, 3.63) is 53.3 Å². The van der Waals surface area contributed by atoms with Gasteiger partial charge in [-0.1, -0.05) is 12.1 Å². The summed E-state index contributed by atoms with van der Waals surface area (Å²) >= 11 is 0. The molecule has 3 heteroatoms. The second kappa shape index (κ2) is 5.19. The number of methoxy groups -OCH3 is 1. The van der Waals surface area contributed by atoms with Crippen LogP contribution in [-0.2, 0) is 6.54 Å². The number of hydrogen-bond donors (Lipinski definition) is 1. The molecule has 0 aliphatic rings. The van der Waals surface area contributed by atoms with E-state index in [0.29, 0.717) is 6.54 Å². The van der Waals surface area contributed by atoms with Crippen molar-refractivity contribution in [2.75, 3.05) is 7.11 Å². The number of hydrogen-bond acceptors (Lipinski definition) is 2. The van der Waals surface area contributed by atoms with Crippen molar-refractivity contribution < 1.29 is 9.13 Å². The van der Waals surface area contributed by atoms with Crippen LogP contribution < -0.4 is 10.5 Å². The summed E-state index contributed by atoms with van der Waals surface area (Å²) < 4.78 is 18.3. The third kappa shape index (κ3) is 2.36. The van der Waals surface area contributed by atoms with Gasteiger partial charge in [0.25, 0.3) is 0 Å². The zero-order valence-electron chi connectivity index (χ0n) is 10.5. The smallest absolute Gasteiger partial charge is 0.123 e. The Morgan fingerprint density at radius 1 is 1.11 bits per heavy atom. The van der Waals surface area contributed by atoms with Gasteiger partial charge in [-0.15, -0.1) is 0 Å². The molecule has 2 N–H and O–H groups in total. The summed E-state index contributed by atoms with van der Waals surface area (Å²) in [4.78, 5) is 0. The fraction of sp³-hybridized carbons (Fsp3) is 0.200. The third-order valence-corrected chi connectivity index (χ3v) is 3.01. The SMILES string of the molecule is COc1ccc(-c2ccc(F)cc2C)c(CN)c1. The third-order valence-electron chi connectivity index (χ3n) is 3.01. The molecule has 94 valence electrons. The van der Waals surface area contributed by atoms with Crippen LogP contribution in [0.4, 0.5) is 4.39 Å². The summed E-state index contributed by atoms with van der Waals surface area (Å²) in [6, 6.07) is 10.5. The van der Waals surface area contributed by atoms with Crippen LogP contribution in [0.3, 0.4) is 0 Å². The molecule has 0 fully saturated rings. The summed E-state index contributed by atoms with van der Waals surface area (Å²) in [5.41, 5.74) is 9.67. The normalized spacial score (nSPS) is 10.4. The molecule has 0 radical (unpaired) electrons. The molecule has 2 rings (SSSR count). The minimum atomic E-state index is -0.223. The standard InChI is InChI=1S/C15H16FNO/c1-10-7-12(16)3-5-14(10)15-6-4-13(18-2)8-11(15)9-17/h3-8H,9,17H2,1-2H3. The molecule has 0 amide bonds. The van der Waals surface area contributed by atoms with Crippen LogP contribution in [-0.4, -0.2) is 7.11 Å². The van der Waals surface area contributed by atoms with Gasteiger partial charge in [0.15, 0.2) is 0 Å². The van der Waals surface area contributed by atoms with E-state index >= 15 is 0 Å². The molecule has 18 heavy (non-hydrogen) atoms. The Hall–Kier alpha value is -1.87. The van der Waals surface area contributed by atoms with Gasteiger partial charge >= 0.3 is 0 Å². The Balaban J connectivity index is 2.56. The quantitative estimate of drug-likeness (QED) is 0.900. The van der Waals surface area contributed by atoms with Crippen LogP contribution in [0.5, 0.6) is 5.75 Å². The fourth-order valence-electron chi connectivity index (χ4n) is 2.06. The molecule has 0 heterocycles. The summed E-state index contributed by atoms with van der Waals surface area (Å²) in [5, 5.41) is 0. The molecular weight excluding hydrogens is 229 g/mol. The lowest BCUT2D eigenvalue weighted by Crippen LogP contribution is -2.00. The first kappa shape index (κ1) is 12.6. The summed E-state index contributed by atoms with van der Waals surface area (Å²) in [5.74, 6) is 0.554. The summed E-state index contributed by atoms with van der Waals surface area (Å²) in [6.45, 7) is 2.31. The number of rotatable bonds is 3. The summed E-state index contributed by atoms with van der Waals surface area (Å²) in [6.07, 6.45) is 0. The van der Waals surface area contributed by atoms with Crippen molar-refractivity contribution in [3.63, 3.8) is 0 Å². The van der Waals surface area contributed by atoms with Crippen LogP contribution in [0.25, 0.3) is 11.1 Å². The number of ether oxygens (including phenoxy) is 1. The lowest BCUT2D eigenvalue weighted by atomic mass is 9.95. The monoisotopic (exact) mass is 245 g/mol. The van der Waals surface area contributed by atoms with Gasteiger partial charge in [0.05, 0.1) is 7.11 Å². The maximum Gasteiger partial charge on any atom is 0.123 e. The number of aryl methyl sites for hydroxylation is 1. The first-order chi connectivity index (χ1) is 8.65. The summed E-state index contributed by atoms with van der Waals surface area (Å²) in [7, 11) is 1.62. The van der Waals surface area contributed by atoms with Gasteiger partial charge in [0, 0.05) is 6.54 Å². The van der Waals surface area contributed by atoms with E-state index in [1.165, 1.54) is 12.1 Å². The van der Waals surface area contributed by atoms with Crippen LogP contribution >= 0.6 is 0 Å². The lowest BCUT2D eigenvalue weighted by molar-refractivity contribution is 0.414. The predicted molar refractivity (Wildman–Crippen MR) is 71.0 cm³/mol. The number of benzene rings is 2. The topological polar surface area (TPSA) is 35.2 Å². The first-order valence-electron chi connectivity index (χ1n) is 5.79. The van der Waals surface area contributed by atoms with Crippen LogP contribution in [0.1, 0.15) is 11.1 Å². The average molecular weight is 245 g/mol. The molecule has 0 saturated carbocycles. The second-order valence-electron chi connectivity index (χ2n) is 4.19. The van der Waals surface area contributed by atoms with E-state index in [4.69, 9.17) is 10.5 Å². The van der Waals surface area contributed by atoms with Crippen molar-refractivity contribution in [1.82, 2.24) is 0 Å². The van der Waals surface area contributed by atoms with E-state index in [2.05, 4.69) is 0 Å². The van der Waals surface area contributed by atoms with Gasteiger partial charge in [0.1, 0.15) is 11.6 Å². The van der Waals surface area contributed by atoms with Gasteiger partial charge in [0.2, 0.25) is 0 Å². The van der Waals surface area contributed by atoms with E-state index in [-0.39, 0.29) is 5.82 Å². The molecule has 0 saturated heterocycles. The Morgan fingerprint density at radius 3 is 2.44 bits per heavy atom. The number of nitrogens with two attached hydrogens (primary N) is 1. The highest BCUT2D eigenvalue weighted by Gasteiger charge is 2.08. The van der Waals surface area contributed by atoms with E-state index in [1.54, 1.807) is 13.2 Å². The van der Waals surface area contributed by atoms with Gasteiger partial charge in [-0.2, -0.15) is 0 Å². The van der Waals surface area contributed by atoms with Gasteiger partial charge < -0.3 is 10.5 Å². The molecule has 0 unspecified atom stereocenters. The molecule has 2 aromatic rings. The Labute approximate surface area is 106 Å². The maximum atomic E-state index is 13.1. The van der Waals surface area contributed by atoms with Gasteiger partial charge in [-0.25, -0.2) is 4.39 Å². The molecule has 2 aromatic carbocycles. The highest BCUT2D eigenvalue weighted by Crippen LogP contribution is 2.29. The minimum absolute atomic E-state index is 0.223. The molecule has 0 atom stereocenters. The zero-order chi connectivity index (χ0) is 13.1. The zero-order valence-corrected chi connectivity index (χ0v) is 10.5. The van der Waals surface area contributed by atoms with E-state index in [0.717, 1.165) is 28.0 Å². The Bertz CT molecular complexity index is 566. The van der Waals surface area contributed by atoms with Crippen LogP contribution in [0.15, 0.2) is 36.4 Å². The maximum absolute atomic E-state index is 13.1. The highest BCUT2D eigenvalue weighted by atomic mass is 19.1. The second-order valence-corrected chi connectivity index (χ2v) is 4.19. The van der Waals surface area contributed by atoms with E-state index in [9.17, 15) is 4.39 Å². The molecule has 0 aliphatic heterocycles. The fourth-order valence-corrected chi connectivity index (χ4v) is 2.06. The van der Waals surface area contributed by atoms with Crippen LogP contribution in [0, 0.1) is 12.7 Å². The molecule has 0 aliphatic carbocycles. The van der Waals surface area contributed by atoms with E-state index < -0.39 is 0 Å². The highest BCUT2D eigenvalue weighted by molar-refractivity contribution is 5.71. The average Bonchev–Trinajstić information content (AvgIpc) is 2.38. The van der Waals surface area contributed by atoms with Crippen LogP contribution in [0.2, 0.25) is 0 Å². The predicted octanol–water partition coefficient (Wildman–Crippen LogP) is 3.27. The molecule has 2 nitrogen and oxygen atoms in total. The molecule has 0 spiro atoms. The molecular formula is C15H16FNO. The number of halogens is 1. The van der Waals surface area contributed by atoms with Gasteiger partial charge in [-0.05, 0) is 53.4 Å². The molecule has 0 aromatic heterocycles. The van der Waals surface area contributed by atoms with Crippen molar-refractivity contribution in [3.8, 4) is 16.9 Å². The Morgan fingerprint density at radius 2 is 1.83 bits per heavy atom. The Kier molecular flexibility index (Phi) is 3.63. The first-order valence-corrected chi connectivity index (χ1v) is 5.79. The van der Waals surface area contributed by atoms with Crippen molar-refractivity contribution in [1.29, 1.82) is 0 Å². The van der Waals surface area contributed by atoms with Gasteiger partial charge in [-0.3, -0.25) is 0 Å². The minimum Gasteiger partial charge on any atom is -0.497 e. The lowest BCUT2D eigenvalue weighted by Gasteiger charge is -2.12. The van der Waals surface area contributed by atoms with E-state index in [1.807, 2.05) is 25.1 Å². The molecule has 0 bridgehead atoms. The van der Waals surface area contributed by atoms with Crippen molar-refractivity contribution in [2.45, 2.75) is 13.5 Å².